The molecule has 0 radical (unpaired) electrons. The van der Waals surface area contributed by atoms with E-state index in [1.165, 1.54) is 25.6 Å². The number of thiophene rings is 1. The van der Waals surface area contributed by atoms with Gasteiger partial charge in [-0.15, -0.1) is 41.7 Å². The third-order valence-electron chi connectivity index (χ3n) is 6.55. The number of benzene rings is 4. The average molecular weight is 676 g/mol. The van der Waals surface area contributed by atoms with Crippen LogP contribution < -0.4 is 4.74 Å². The summed E-state index contributed by atoms with van der Waals surface area (Å²) in [5, 5.41) is 10.0. The predicted molar refractivity (Wildman–Crippen MR) is 144 cm³/mol. The van der Waals surface area contributed by atoms with Crippen LogP contribution in [-0.2, 0) is 21.1 Å². The van der Waals surface area contributed by atoms with E-state index in [-0.39, 0.29) is 21.1 Å². The first-order valence-electron chi connectivity index (χ1n) is 11.6. The molecule has 0 spiro atoms. The molecule has 0 aliphatic carbocycles. The van der Waals surface area contributed by atoms with Crippen molar-refractivity contribution in [2.24, 2.45) is 0 Å². The van der Waals surface area contributed by atoms with Gasteiger partial charge in [0.1, 0.15) is 0 Å². The number of ether oxygens (including phenoxy) is 1. The minimum atomic E-state index is 0. The van der Waals surface area contributed by atoms with Gasteiger partial charge in [-0.05, 0) is 35.3 Å². The zero-order valence-corrected chi connectivity index (χ0v) is 22.2. The molecule has 0 bridgehead atoms. The Hall–Kier alpha value is -3.99. The first kappa shape index (κ1) is 22.2. The van der Waals surface area contributed by atoms with E-state index in [4.69, 9.17) is 4.74 Å². The SMILES string of the molecule is [Pt+2].[c-]1c(Oc2[c-]c3c(cc2)c2cc4sc5ccccc5c4cc2n2ccnc32)cccc1-n1cccn1. The molecule has 8 aromatic rings. The van der Waals surface area contributed by atoms with Crippen LogP contribution in [0.1, 0.15) is 0 Å². The first-order chi connectivity index (χ1) is 17.8. The van der Waals surface area contributed by atoms with Crippen LogP contribution in [0.5, 0.6) is 11.5 Å². The van der Waals surface area contributed by atoms with Crippen molar-refractivity contribution in [3.8, 4) is 17.2 Å². The maximum Gasteiger partial charge on any atom is 2.00 e. The molecule has 4 aromatic carbocycles. The summed E-state index contributed by atoms with van der Waals surface area (Å²) in [4.78, 5) is 4.68. The Labute approximate surface area is 229 Å². The maximum absolute atomic E-state index is 6.19. The minimum absolute atomic E-state index is 0. The number of fused-ring (bicyclic) bond motifs is 9. The fourth-order valence-corrected chi connectivity index (χ4v) is 6.08. The van der Waals surface area contributed by atoms with Crippen molar-refractivity contribution in [1.82, 2.24) is 19.2 Å². The second-order valence-electron chi connectivity index (χ2n) is 8.65. The Morgan fingerprint density at radius 1 is 0.730 bits per heavy atom. The van der Waals surface area contributed by atoms with Crippen molar-refractivity contribution in [3.05, 3.63) is 110 Å². The Kier molecular flexibility index (Phi) is 5.13. The Morgan fingerprint density at radius 3 is 2.57 bits per heavy atom. The third kappa shape index (κ3) is 3.48. The van der Waals surface area contributed by atoms with Crippen LogP contribution in [0.3, 0.4) is 0 Å². The summed E-state index contributed by atoms with van der Waals surface area (Å²) in [6.45, 7) is 0. The molecule has 5 nitrogen and oxygen atoms in total. The van der Waals surface area contributed by atoms with Gasteiger partial charge >= 0.3 is 21.1 Å². The van der Waals surface area contributed by atoms with E-state index >= 15 is 0 Å². The van der Waals surface area contributed by atoms with E-state index in [1.807, 2.05) is 60.3 Å². The molecular formula is C30H16N4OPtS. The van der Waals surface area contributed by atoms with Gasteiger partial charge in [0.2, 0.25) is 0 Å². The van der Waals surface area contributed by atoms with Crippen LogP contribution in [0.4, 0.5) is 0 Å². The van der Waals surface area contributed by atoms with Gasteiger partial charge in [0, 0.05) is 62.0 Å². The topological polar surface area (TPSA) is 44.4 Å². The average Bonchev–Trinajstić information content (AvgIpc) is 3.68. The van der Waals surface area contributed by atoms with Gasteiger partial charge in [-0.1, -0.05) is 35.0 Å². The van der Waals surface area contributed by atoms with Crippen molar-refractivity contribution >= 4 is 58.8 Å². The smallest absolute Gasteiger partial charge is 0.503 e. The second-order valence-corrected chi connectivity index (χ2v) is 9.73. The Morgan fingerprint density at radius 2 is 1.65 bits per heavy atom. The second kappa shape index (κ2) is 8.55. The molecule has 0 aliphatic heterocycles. The van der Waals surface area contributed by atoms with Crippen LogP contribution in [-0.4, -0.2) is 19.2 Å². The van der Waals surface area contributed by atoms with Crippen LogP contribution in [0, 0.1) is 12.1 Å². The molecule has 0 unspecified atom stereocenters. The molecule has 0 amide bonds. The number of hydrogen-bond donors (Lipinski definition) is 0. The van der Waals surface area contributed by atoms with E-state index in [2.05, 4.69) is 69.1 Å². The summed E-state index contributed by atoms with van der Waals surface area (Å²) in [6, 6.07) is 31.6. The fourth-order valence-electron chi connectivity index (χ4n) is 4.95. The zero-order chi connectivity index (χ0) is 23.6. The zero-order valence-electron chi connectivity index (χ0n) is 19.2. The largest absolute Gasteiger partial charge is 2.00 e. The van der Waals surface area contributed by atoms with Crippen molar-refractivity contribution < 1.29 is 25.8 Å². The van der Waals surface area contributed by atoms with Crippen LogP contribution in [0.2, 0.25) is 0 Å². The number of hydrogen-bond acceptors (Lipinski definition) is 4. The molecule has 0 saturated heterocycles. The summed E-state index contributed by atoms with van der Waals surface area (Å²) in [5.41, 5.74) is 2.80. The molecule has 0 N–H and O–H groups in total. The van der Waals surface area contributed by atoms with Crippen molar-refractivity contribution in [1.29, 1.82) is 0 Å². The standard InChI is InChI=1S/C30H16N4OS.Pt/c1-2-8-28-23(7-1)25-17-27-24(18-29(25)36-28)22-10-9-21(16-26(22)30-31-12-14-33(27)30)35-20-6-3-5-19(15-20)34-13-4-11-32-34;/h1-14,17-18H;/q-2;+2. The minimum Gasteiger partial charge on any atom is -0.503 e. The van der Waals surface area contributed by atoms with E-state index in [1.54, 1.807) is 10.9 Å². The van der Waals surface area contributed by atoms with Gasteiger partial charge in [0.15, 0.2) is 0 Å². The molecule has 0 aliphatic rings. The van der Waals surface area contributed by atoms with Gasteiger partial charge in [-0.25, -0.2) is 0 Å². The van der Waals surface area contributed by atoms with E-state index < -0.39 is 0 Å². The van der Waals surface area contributed by atoms with Crippen molar-refractivity contribution in [2.45, 2.75) is 0 Å². The quantitative estimate of drug-likeness (QED) is 0.143. The van der Waals surface area contributed by atoms with Gasteiger partial charge < -0.3 is 9.14 Å². The molecule has 7 heteroatoms. The van der Waals surface area contributed by atoms with E-state index in [0.29, 0.717) is 11.5 Å². The van der Waals surface area contributed by atoms with E-state index in [9.17, 15) is 0 Å². The van der Waals surface area contributed by atoms with E-state index in [0.717, 1.165) is 27.6 Å². The molecule has 0 saturated carbocycles. The van der Waals surface area contributed by atoms with Gasteiger partial charge in [0.05, 0.1) is 5.65 Å². The summed E-state index contributed by atoms with van der Waals surface area (Å²) in [6.07, 6.45) is 7.48. The molecule has 37 heavy (non-hydrogen) atoms. The summed E-state index contributed by atoms with van der Waals surface area (Å²) in [5.74, 6) is 1.22. The summed E-state index contributed by atoms with van der Waals surface area (Å²) < 4.78 is 12.7. The summed E-state index contributed by atoms with van der Waals surface area (Å²) >= 11 is 1.83. The molecule has 0 fully saturated rings. The number of rotatable bonds is 3. The maximum atomic E-state index is 6.19. The molecular weight excluding hydrogens is 660 g/mol. The van der Waals surface area contributed by atoms with Gasteiger partial charge in [0.25, 0.3) is 0 Å². The van der Waals surface area contributed by atoms with Crippen molar-refractivity contribution in [2.75, 3.05) is 0 Å². The summed E-state index contributed by atoms with van der Waals surface area (Å²) in [7, 11) is 0. The number of aromatic nitrogens is 4. The Bertz CT molecular complexity index is 2090. The van der Waals surface area contributed by atoms with Crippen LogP contribution >= 0.6 is 11.3 Å². The van der Waals surface area contributed by atoms with Crippen LogP contribution in [0.25, 0.3) is 53.2 Å². The molecule has 8 rings (SSSR count). The van der Waals surface area contributed by atoms with Gasteiger partial charge in [-0.3, -0.25) is 9.67 Å². The number of pyridine rings is 1. The van der Waals surface area contributed by atoms with Crippen LogP contribution in [0.15, 0.2) is 97.6 Å². The molecule has 0 atom stereocenters. The molecule has 4 heterocycles. The number of imidazole rings is 1. The Balaban J connectivity index is 0.00000231. The molecule has 4 aromatic heterocycles. The van der Waals surface area contributed by atoms with Crippen molar-refractivity contribution in [3.63, 3.8) is 0 Å². The predicted octanol–water partition coefficient (Wildman–Crippen LogP) is 7.58. The van der Waals surface area contributed by atoms with Gasteiger partial charge in [-0.2, -0.15) is 11.2 Å². The third-order valence-corrected chi connectivity index (χ3v) is 7.69. The molecule has 178 valence electrons. The number of nitrogens with zero attached hydrogens (tertiary/aromatic N) is 4. The first-order valence-corrected chi connectivity index (χ1v) is 12.4. The fraction of sp³-hybridized carbons (Fsp3) is 0. The normalized spacial score (nSPS) is 11.6. The monoisotopic (exact) mass is 675 g/mol.